The van der Waals surface area contributed by atoms with Gasteiger partial charge < -0.3 is 14.5 Å². The number of allylic oxidation sites excluding steroid dienone is 2. The number of rotatable bonds is 4. The van der Waals surface area contributed by atoms with Crippen molar-refractivity contribution in [1.82, 2.24) is 0 Å². The van der Waals surface area contributed by atoms with Crippen molar-refractivity contribution in [1.29, 1.82) is 0 Å². The number of carbonyl (C=O) groups is 1. The van der Waals surface area contributed by atoms with Crippen LogP contribution < -0.4 is 0 Å². The van der Waals surface area contributed by atoms with Crippen molar-refractivity contribution in [2.75, 3.05) is 12.4 Å². The third-order valence-electron chi connectivity index (χ3n) is 2.66. The molecule has 2 N–H and O–H groups in total. The van der Waals surface area contributed by atoms with Crippen LogP contribution in [0.25, 0.3) is 0 Å². The highest BCUT2D eigenvalue weighted by Gasteiger charge is 2.36. The van der Waals surface area contributed by atoms with E-state index in [4.69, 9.17) is 4.74 Å². The molecule has 0 spiro atoms. The van der Waals surface area contributed by atoms with Gasteiger partial charge in [-0.2, -0.15) is 0 Å². The van der Waals surface area contributed by atoms with E-state index in [9.17, 15) is 19.1 Å². The first kappa shape index (κ1) is 15.8. The number of hydrogen-bond donors (Lipinski definition) is 2. The highest BCUT2D eigenvalue weighted by molar-refractivity contribution is 8.03. The standard InChI is InChI=1S/C11H19O5PS/c1-4-16-11(12)8-5-9(17(13,14)15)10(7(2)3)18-6-8/h7-8H,4-6H2,1-3H3,(H2,13,14,15)/t8-/m0/s1. The maximum Gasteiger partial charge on any atom is 0.353 e. The van der Waals surface area contributed by atoms with Crippen molar-refractivity contribution in [3.05, 3.63) is 10.2 Å². The van der Waals surface area contributed by atoms with E-state index in [1.54, 1.807) is 6.92 Å². The first-order valence-electron chi connectivity index (χ1n) is 5.86. The van der Waals surface area contributed by atoms with Crippen molar-refractivity contribution < 1.29 is 23.9 Å². The van der Waals surface area contributed by atoms with E-state index in [0.29, 0.717) is 10.7 Å². The van der Waals surface area contributed by atoms with Crippen LogP contribution in [0.15, 0.2) is 10.2 Å². The Labute approximate surface area is 111 Å². The first-order chi connectivity index (χ1) is 8.27. The topological polar surface area (TPSA) is 83.8 Å². The van der Waals surface area contributed by atoms with Crippen LogP contribution in [0.5, 0.6) is 0 Å². The summed E-state index contributed by atoms with van der Waals surface area (Å²) in [4.78, 5) is 31.1. The van der Waals surface area contributed by atoms with Gasteiger partial charge in [0.2, 0.25) is 0 Å². The van der Waals surface area contributed by atoms with E-state index in [-0.39, 0.29) is 30.2 Å². The predicted molar refractivity (Wildman–Crippen MR) is 71.1 cm³/mol. The highest BCUT2D eigenvalue weighted by Crippen LogP contribution is 2.55. The van der Waals surface area contributed by atoms with E-state index in [2.05, 4.69) is 0 Å². The van der Waals surface area contributed by atoms with Gasteiger partial charge in [-0.1, -0.05) is 13.8 Å². The molecule has 7 heteroatoms. The normalized spacial score (nSPS) is 21.3. The van der Waals surface area contributed by atoms with E-state index in [0.717, 1.165) is 0 Å². The van der Waals surface area contributed by atoms with Crippen LogP contribution in [-0.4, -0.2) is 28.1 Å². The fourth-order valence-corrected chi connectivity index (χ4v) is 4.61. The number of thioether (sulfide) groups is 1. The minimum atomic E-state index is -4.30. The molecule has 0 aromatic rings. The summed E-state index contributed by atoms with van der Waals surface area (Å²) in [6.45, 7) is 5.78. The van der Waals surface area contributed by atoms with Gasteiger partial charge in [-0.25, -0.2) is 0 Å². The molecule has 1 aliphatic rings. The van der Waals surface area contributed by atoms with E-state index in [1.165, 1.54) is 11.8 Å². The van der Waals surface area contributed by atoms with Crippen molar-refractivity contribution >= 4 is 25.3 Å². The smallest absolute Gasteiger partial charge is 0.353 e. The van der Waals surface area contributed by atoms with Crippen molar-refractivity contribution in [3.63, 3.8) is 0 Å². The van der Waals surface area contributed by atoms with Crippen LogP contribution in [0.3, 0.4) is 0 Å². The molecule has 18 heavy (non-hydrogen) atoms. The zero-order chi connectivity index (χ0) is 13.9. The fraction of sp³-hybridized carbons (Fsp3) is 0.727. The molecule has 1 atom stereocenters. The molecule has 0 aliphatic carbocycles. The Morgan fingerprint density at radius 2 is 2.17 bits per heavy atom. The number of carbonyl (C=O) groups excluding carboxylic acids is 1. The Bertz CT molecular complexity index is 398. The summed E-state index contributed by atoms with van der Waals surface area (Å²) in [6.07, 6.45) is 0.101. The Kier molecular flexibility index (Phi) is 5.46. The highest BCUT2D eigenvalue weighted by atomic mass is 32.2. The average molecular weight is 294 g/mol. The van der Waals surface area contributed by atoms with Gasteiger partial charge in [-0.3, -0.25) is 9.36 Å². The quantitative estimate of drug-likeness (QED) is 0.611. The minimum absolute atomic E-state index is 0.0563. The lowest BCUT2D eigenvalue weighted by atomic mass is 10.0. The van der Waals surface area contributed by atoms with Crippen LogP contribution >= 0.6 is 19.4 Å². The molecular weight excluding hydrogens is 275 g/mol. The summed E-state index contributed by atoms with van der Waals surface area (Å²) >= 11 is 1.36. The van der Waals surface area contributed by atoms with Gasteiger partial charge in [0.1, 0.15) is 0 Å². The van der Waals surface area contributed by atoms with Crippen LogP contribution in [-0.2, 0) is 14.1 Å². The predicted octanol–water partition coefficient (Wildman–Crippen LogP) is 2.35. The fourth-order valence-electron chi connectivity index (χ4n) is 1.84. The molecule has 1 heterocycles. The van der Waals surface area contributed by atoms with Gasteiger partial charge in [0, 0.05) is 5.75 Å². The molecule has 0 saturated heterocycles. The summed E-state index contributed by atoms with van der Waals surface area (Å²) in [5, 5.41) is 0.104. The number of esters is 1. The summed E-state index contributed by atoms with van der Waals surface area (Å²) in [5.41, 5.74) is 0. The molecule has 0 aromatic heterocycles. The molecule has 0 fully saturated rings. The molecule has 104 valence electrons. The maximum atomic E-state index is 11.6. The molecule has 0 radical (unpaired) electrons. The molecule has 0 aromatic carbocycles. The van der Waals surface area contributed by atoms with Crippen LogP contribution in [0.2, 0.25) is 0 Å². The summed E-state index contributed by atoms with van der Waals surface area (Å²) in [5.74, 6) is -0.254. The summed E-state index contributed by atoms with van der Waals surface area (Å²) in [7, 11) is -4.30. The monoisotopic (exact) mass is 294 g/mol. The lowest BCUT2D eigenvalue weighted by Crippen LogP contribution is -2.24. The largest absolute Gasteiger partial charge is 0.466 e. The first-order valence-corrected chi connectivity index (χ1v) is 8.45. The van der Waals surface area contributed by atoms with Gasteiger partial charge in [0.05, 0.1) is 17.8 Å². The number of ether oxygens (including phenoxy) is 1. The third kappa shape index (κ3) is 3.85. The second-order valence-electron chi connectivity index (χ2n) is 4.47. The molecule has 0 amide bonds. The lowest BCUT2D eigenvalue weighted by Gasteiger charge is -2.27. The summed E-state index contributed by atoms with van der Waals surface area (Å²) < 4.78 is 16.4. The van der Waals surface area contributed by atoms with Gasteiger partial charge in [-0.05, 0) is 24.2 Å². The Morgan fingerprint density at radius 3 is 2.61 bits per heavy atom. The van der Waals surface area contributed by atoms with Gasteiger partial charge >= 0.3 is 13.6 Å². The van der Waals surface area contributed by atoms with Crippen LogP contribution in [0.1, 0.15) is 27.2 Å². The molecular formula is C11H19O5PS. The second kappa shape index (κ2) is 6.24. The SMILES string of the molecule is CCOC(=O)[C@@H]1CSC(C(C)C)=C(P(=O)(O)O)C1. The lowest BCUT2D eigenvalue weighted by molar-refractivity contribution is -0.147. The van der Waals surface area contributed by atoms with Gasteiger partial charge in [0.25, 0.3) is 0 Å². The maximum absolute atomic E-state index is 11.6. The molecule has 1 rings (SSSR count). The van der Waals surface area contributed by atoms with Crippen molar-refractivity contribution in [3.8, 4) is 0 Å². The number of hydrogen-bond acceptors (Lipinski definition) is 4. The zero-order valence-electron chi connectivity index (χ0n) is 10.8. The minimum Gasteiger partial charge on any atom is -0.466 e. The van der Waals surface area contributed by atoms with Crippen LogP contribution in [0, 0.1) is 11.8 Å². The molecule has 0 unspecified atom stereocenters. The zero-order valence-corrected chi connectivity index (χ0v) is 12.5. The second-order valence-corrected chi connectivity index (χ2v) is 7.16. The average Bonchev–Trinajstić information content (AvgIpc) is 2.27. The molecule has 5 nitrogen and oxygen atoms in total. The molecule has 1 aliphatic heterocycles. The molecule has 0 saturated carbocycles. The Hall–Kier alpha value is -0.290. The van der Waals surface area contributed by atoms with Crippen molar-refractivity contribution in [2.24, 2.45) is 11.8 Å². The van der Waals surface area contributed by atoms with Gasteiger partial charge in [-0.15, -0.1) is 11.8 Å². The van der Waals surface area contributed by atoms with E-state index in [1.807, 2.05) is 13.8 Å². The van der Waals surface area contributed by atoms with Gasteiger partial charge in [0.15, 0.2) is 0 Å². The third-order valence-corrected chi connectivity index (χ3v) is 5.54. The van der Waals surface area contributed by atoms with E-state index < -0.39 is 13.5 Å². The Balaban J connectivity index is 2.97. The van der Waals surface area contributed by atoms with Crippen molar-refractivity contribution in [2.45, 2.75) is 27.2 Å². The Morgan fingerprint density at radius 1 is 1.56 bits per heavy atom. The van der Waals surface area contributed by atoms with E-state index >= 15 is 0 Å². The summed E-state index contributed by atoms with van der Waals surface area (Å²) in [6, 6.07) is 0. The van der Waals surface area contributed by atoms with Crippen LogP contribution in [0.4, 0.5) is 0 Å². The molecule has 0 bridgehead atoms.